The van der Waals surface area contributed by atoms with Gasteiger partial charge < -0.3 is 4.90 Å². The van der Waals surface area contributed by atoms with Gasteiger partial charge in [0.1, 0.15) is 0 Å². The highest BCUT2D eigenvalue weighted by atomic mass is 19.4. The van der Waals surface area contributed by atoms with Gasteiger partial charge in [0.15, 0.2) is 5.69 Å². The van der Waals surface area contributed by atoms with Gasteiger partial charge in [0, 0.05) is 24.8 Å². The topological polar surface area (TPSA) is 55.2 Å². The summed E-state index contributed by atoms with van der Waals surface area (Å²) in [7, 11) is 0. The molecule has 0 fully saturated rings. The molecule has 5 nitrogen and oxygen atoms in total. The van der Waals surface area contributed by atoms with Gasteiger partial charge in [-0.2, -0.15) is 18.3 Å². The first-order valence-corrected chi connectivity index (χ1v) is 10.1. The first-order valence-electron chi connectivity index (χ1n) is 10.1. The van der Waals surface area contributed by atoms with Crippen LogP contribution in [0, 0.1) is 6.92 Å². The smallest absolute Gasteiger partial charge is 0.333 e. The molecule has 2 aromatic carbocycles. The van der Waals surface area contributed by atoms with Crippen LogP contribution in [0.5, 0.6) is 0 Å². The van der Waals surface area contributed by atoms with Gasteiger partial charge in [-0.05, 0) is 42.7 Å². The summed E-state index contributed by atoms with van der Waals surface area (Å²) >= 11 is 0. The Kier molecular flexibility index (Phi) is 5.69. The van der Waals surface area contributed by atoms with E-state index in [1.807, 2.05) is 36.4 Å². The molecule has 164 valence electrons. The Labute approximate surface area is 182 Å². The van der Waals surface area contributed by atoms with Gasteiger partial charge in [0.25, 0.3) is 5.91 Å². The fourth-order valence-corrected chi connectivity index (χ4v) is 3.69. The van der Waals surface area contributed by atoms with Crippen molar-refractivity contribution >= 4 is 11.5 Å². The Bertz CT molecular complexity index is 1250. The molecule has 0 saturated carbocycles. The molecule has 2 heterocycles. The third-order valence-electron chi connectivity index (χ3n) is 5.37. The van der Waals surface area contributed by atoms with Crippen LogP contribution in [0.1, 0.15) is 33.7 Å². The van der Waals surface area contributed by atoms with E-state index in [1.165, 1.54) is 27.8 Å². The molecular formula is C24H20F3N3O2. The Hall–Kier alpha value is -3.68. The molecule has 0 radical (unpaired) electrons. The number of rotatable bonds is 3. The summed E-state index contributed by atoms with van der Waals surface area (Å²) in [5.41, 5.74) is 0.940. The lowest BCUT2D eigenvalue weighted by Crippen LogP contribution is -2.38. The summed E-state index contributed by atoms with van der Waals surface area (Å²) in [5.74, 6) is -0.543. The van der Waals surface area contributed by atoms with Crippen molar-refractivity contribution in [3.05, 3.63) is 99.5 Å². The van der Waals surface area contributed by atoms with Crippen molar-refractivity contribution in [2.45, 2.75) is 19.5 Å². The van der Waals surface area contributed by atoms with Crippen LogP contribution < -0.4 is 5.43 Å². The fourth-order valence-electron chi connectivity index (χ4n) is 3.69. The van der Waals surface area contributed by atoms with Gasteiger partial charge in [-0.3, -0.25) is 9.59 Å². The van der Waals surface area contributed by atoms with E-state index in [-0.39, 0.29) is 11.4 Å². The number of aromatic nitrogens is 2. The number of carbonyl (C=O) groups is 1. The number of halogens is 3. The summed E-state index contributed by atoms with van der Waals surface area (Å²) in [6.45, 7) is 2.29. The van der Waals surface area contributed by atoms with Crippen molar-refractivity contribution < 1.29 is 18.0 Å². The maximum Gasteiger partial charge on any atom is 0.416 e. The minimum absolute atomic E-state index is 0.122. The monoisotopic (exact) mass is 439 g/mol. The van der Waals surface area contributed by atoms with Gasteiger partial charge in [-0.25, -0.2) is 4.68 Å². The second-order valence-corrected chi connectivity index (χ2v) is 7.56. The summed E-state index contributed by atoms with van der Waals surface area (Å²) in [4.78, 5) is 27.0. The summed E-state index contributed by atoms with van der Waals surface area (Å²) in [6.07, 6.45) is -1.95. The largest absolute Gasteiger partial charge is 0.416 e. The molecule has 0 N–H and O–H groups in total. The quantitative estimate of drug-likeness (QED) is 0.604. The summed E-state index contributed by atoms with van der Waals surface area (Å²) in [5, 5.41) is 4.14. The van der Waals surface area contributed by atoms with Crippen LogP contribution in [0.25, 0.3) is 11.3 Å². The molecule has 0 aliphatic carbocycles. The molecule has 32 heavy (non-hydrogen) atoms. The second kappa shape index (κ2) is 8.45. The predicted molar refractivity (Wildman–Crippen MR) is 115 cm³/mol. The lowest BCUT2D eigenvalue weighted by molar-refractivity contribution is -0.137. The molecule has 1 aromatic heterocycles. The van der Waals surface area contributed by atoms with E-state index in [1.54, 1.807) is 6.92 Å². The average Bonchev–Trinajstić information content (AvgIpc) is 2.79. The van der Waals surface area contributed by atoms with Crippen LogP contribution in [0.3, 0.4) is 0 Å². The Balaban J connectivity index is 1.63. The highest BCUT2D eigenvalue weighted by Gasteiger charge is 2.31. The zero-order chi connectivity index (χ0) is 22.9. The molecule has 3 aromatic rings. The molecule has 1 amide bonds. The number of amides is 1. The van der Waals surface area contributed by atoms with Crippen LogP contribution in [0.15, 0.2) is 71.5 Å². The zero-order valence-corrected chi connectivity index (χ0v) is 17.3. The molecule has 0 saturated heterocycles. The number of carbonyl (C=O) groups excluding carboxylic acids is 1. The van der Waals surface area contributed by atoms with Crippen LogP contribution in [-0.4, -0.2) is 33.7 Å². The van der Waals surface area contributed by atoms with Crippen molar-refractivity contribution in [2.24, 2.45) is 0 Å². The lowest BCUT2D eigenvalue weighted by Gasteiger charge is -2.26. The van der Waals surface area contributed by atoms with E-state index >= 15 is 0 Å². The molecule has 0 unspecified atom stereocenters. The lowest BCUT2D eigenvalue weighted by atomic mass is 9.99. The van der Waals surface area contributed by atoms with Crippen LogP contribution in [0.4, 0.5) is 13.2 Å². The predicted octanol–water partition coefficient (Wildman–Crippen LogP) is 4.49. The van der Waals surface area contributed by atoms with E-state index < -0.39 is 23.1 Å². The van der Waals surface area contributed by atoms with E-state index in [9.17, 15) is 22.8 Å². The van der Waals surface area contributed by atoms with Gasteiger partial charge in [0.2, 0.25) is 5.43 Å². The van der Waals surface area contributed by atoms with Crippen molar-refractivity contribution in [1.29, 1.82) is 0 Å². The molecule has 4 rings (SSSR count). The third-order valence-corrected chi connectivity index (χ3v) is 5.37. The standard InChI is InChI=1S/C24H20F3N3O2/c1-16-14-21(31)22(28-30(16)20-9-5-8-19(15-20)24(25,26)27)23(32)29-12-10-18(11-13-29)17-6-3-2-4-7-17/h2-10,14-15H,11-13H2,1H3. The van der Waals surface area contributed by atoms with Crippen molar-refractivity contribution in [1.82, 2.24) is 14.7 Å². The first kappa shape index (κ1) is 21.5. The van der Waals surface area contributed by atoms with Crippen LogP contribution in [-0.2, 0) is 6.18 Å². The zero-order valence-electron chi connectivity index (χ0n) is 17.3. The summed E-state index contributed by atoms with van der Waals surface area (Å²) < 4.78 is 40.5. The number of hydrogen-bond donors (Lipinski definition) is 0. The highest BCUT2D eigenvalue weighted by molar-refractivity contribution is 5.92. The minimum Gasteiger partial charge on any atom is -0.333 e. The molecule has 8 heteroatoms. The van der Waals surface area contributed by atoms with Gasteiger partial charge in [-0.1, -0.05) is 42.5 Å². The van der Waals surface area contributed by atoms with E-state index in [0.29, 0.717) is 25.2 Å². The van der Waals surface area contributed by atoms with Gasteiger partial charge in [0.05, 0.1) is 11.3 Å². The molecule has 1 aliphatic rings. The summed E-state index contributed by atoms with van der Waals surface area (Å²) in [6, 6.07) is 15.6. The SMILES string of the molecule is Cc1cc(=O)c(C(=O)N2CC=C(c3ccccc3)CC2)nn1-c1cccc(C(F)(F)F)c1. The fraction of sp³-hybridized carbons (Fsp3) is 0.208. The number of alkyl halides is 3. The highest BCUT2D eigenvalue weighted by Crippen LogP contribution is 2.30. The first-order chi connectivity index (χ1) is 15.2. The van der Waals surface area contributed by atoms with Gasteiger partial charge >= 0.3 is 6.18 Å². The van der Waals surface area contributed by atoms with Gasteiger partial charge in [-0.15, -0.1) is 0 Å². The minimum atomic E-state index is -4.52. The van der Waals surface area contributed by atoms with Crippen molar-refractivity contribution in [3.8, 4) is 5.69 Å². The van der Waals surface area contributed by atoms with Crippen molar-refractivity contribution in [3.63, 3.8) is 0 Å². The van der Waals surface area contributed by atoms with Crippen molar-refractivity contribution in [2.75, 3.05) is 13.1 Å². The molecule has 0 spiro atoms. The third kappa shape index (κ3) is 4.34. The molecular weight excluding hydrogens is 419 g/mol. The van der Waals surface area contributed by atoms with E-state index in [4.69, 9.17) is 0 Å². The van der Waals surface area contributed by atoms with Crippen LogP contribution >= 0.6 is 0 Å². The Morgan fingerprint density at radius 1 is 1.03 bits per heavy atom. The maximum atomic E-state index is 13.1. The molecule has 1 aliphatic heterocycles. The average molecular weight is 439 g/mol. The second-order valence-electron chi connectivity index (χ2n) is 7.56. The maximum absolute atomic E-state index is 13.1. The Morgan fingerprint density at radius 3 is 2.44 bits per heavy atom. The van der Waals surface area contributed by atoms with E-state index in [0.717, 1.165) is 23.3 Å². The Morgan fingerprint density at radius 2 is 1.78 bits per heavy atom. The van der Waals surface area contributed by atoms with E-state index in [2.05, 4.69) is 5.10 Å². The number of aryl methyl sites for hydroxylation is 1. The number of benzene rings is 2. The van der Waals surface area contributed by atoms with Crippen LogP contribution in [0.2, 0.25) is 0 Å². The molecule has 0 atom stereocenters. The number of hydrogen-bond acceptors (Lipinski definition) is 3. The normalized spacial score (nSPS) is 14.2. The number of nitrogens with zero attached hydrogens (tertiary/aromatic N) is 3. The molecule has 0 bridgehead atoms.